The van der Waals surface area contributed by atoms with Crippen LogP contribution in [-0.2, 0) is 22.5 Å². The van der Waals surface area contributed by atoms with E-state index in [1.54, 1.807) is 0 Å². The first-order chi connectivity index (χ1) is 12.8. The Balaban J connectivity index is 1.39. The number of rotatable bonds is 5. The van der Waals surface area contributed by atoms with Gasteiger partial charge in [-0.1, -0.05) is 49.6 Å². The van der Waals surface area contributed by atoms with Crippen LogP contribution in [0, 0.1) is 5.92 Å². The minimum atomic E-state index is -0.136. The number of amides is 1. The Hall–Kier alpha value is -2.14. The van der Waals surface area contributed by atoms with E-state index >= 15 is 0 Å². The van der Waals surface area contributed by atoms with Crippen molar-refractivity contribution >= 4 is 5.91 Å². The van der Waals surface area contributed by atoms with Gasteiger partial charge in [0.25, 0.3) is 0 Å². The lowest BCUT2D eigenvalue weighted by atomic mass is 9.88. The maximum Gasteiger partial charge on any atom is 0.223 e. The van der Waals surface area contributed by atoms with Gasteiger partial charge in [-0.25, -0.2) is 0 Å². The van der Waals surface area contributed by atoms with Crippen LogP contribution in [0.3, 0.4) is 0 Å². The molecule has 0 spiro atoms. The average Bonchev–Trinajstić information content (AvgIpc) is 3.10. The van der Waals surface area contributed by atoms with E-state index in [1.807, 2.05) is 22.9 Å². The smallest absolute Gasteiger partial charge is 0.223 e. The Morgan fingerprint density at radius 1 is 1.19 bits per heavy atom. The van der Waals surface area contributed by atoms with E-state index in [0.29, 0.717) is 13.2 Å². The molecule has 138 valence electrons. The summed E-state index contributed by atoms with van der Waals surface area (Å²) in [6, 6.07) is 10.3. The monoisotopic (exact) mass is 353 g/mol. The van der Waals surface area contributed by atoms with Crippen LogP contribution in [0.4, 0.5) is 0 Å². The second kappa shape index (κ2) is 8.04. The minimum Gasteiger partial charge on any atom is -0.370 e. The first kappa shape index (κ1) is 17.3. The van der Waals surface area contributed by atoms with Crippen molar-refractivity contribution in [3.05, 3.63) is 53.3 Å². The third kappa shape index (κ3) is 3.98. The molecule has 1 N–H and O–H groups in total. The lowest BCUT2D eigenvalue weighted by Crippen LogP contribution is -2.36. The van der Waals surface area contributed by atoms with Crippen LogP contribution < -0.4 is 5.32 Å². The van der Waals surface area contributed by atoms with E-state index in [2.05, 4.69) is 23.6 Å². The Morgan fingerprint density at radius 3 is 2.81 bits per heavy atom. The molecule has 2 aromatic rings. The van der Waals surface area contributed by atoms with Gasteiger partial charge in [0, 0.05) is 18.7 Å². The molecule has 1 unspecified atom stereocenters. The van der Waals surface area contributed by atoms with Crippen LogP contribution in [0.1, 0.15) is 55.0 Å². The van der Waals surface area contributed by atoms with Gasteiger partial charge in [-0.2, -0.15) is 5.10 Å². The van der Waals surface area contributed by atoms with Gasteiger partial charge in [0.05, 0.1) is 18.8 Å². The van der Waals surface area contributed by atoms with Crippen molar-refractivity contribution in [2.45, 2.75) is 51.2 Å². The summed E-state index contributed by atoms with van der Waals surface area (Å²) in [5.74, 6) is 0.367. The highest BCUT2D eigenvalue weighted by Crippen LogP contribution is 2.27. The minimum absolute atomic E-state index is 0.136. The van der Waals surface area contributed by atoms with Gasteiger partial charge in [0.15, 0.2) is 0 Å². The Bertz CT molecular complexity index is 735. The largest absolute Gasteiger partial charge is 0.370 e. The Labute approximate surface area is 154 Å². The summed E-state index contributed by atoms with van der Waals surface area (Å²) in [5.41, 5.74) is 3.45. The number of carbonyl (C=O) groups excluding carboxylic acids is 1. The summed E-state index contributed by atoms with van der Waals surface area (Å²) in [6.45, 7) is 1.97. The number of fused-ring (bicyclic) bond motifs is 1. The van der Waals surface area contributed by atoms with Crippen molar-refractivity contribution in [2.75, 3.05) is 13.2 Å². The lowest BCUT2D eigenvalue weighted by molar-refractivity contribution is -0.126. The quantitative estimate of drug-likeness (QED) is 0.898. The first-order valence-electron chi connectivity index (χ1n) is 9.79. The molecule has 1 aliphatic heterocycles. The first-order valence-corrected chi connectivity index (χ1v) is 9.79. The number of nitrogens with zero attached hydrogens (tertiary/aromatic N) is 2. The molecule has 1 aromatic carbocycles. The normalized spacial score (nSPS) is 20.5. The molecule has 2 aliphatic rings. The molecule has 0 saturated heterocycles. The zero-order valence-corrected chi connectivity index (χ0v) is 15.2. The molecule has 0 bridgehead atoms. The van der Waals surface area contributed by atoms with Crippen molar-refractivity contribution in [2.24, 2.45) is 5.92 Å². The fourth-order valence-corrected chi connectivity index (χ4v) is 4.04. The third-order valence-electron chi connectivity index (χ3n) is 5.49. The molecule has 5 heteroatoms. The Kier molecular flexibility index (Phi) is 5.34. The highest BCUT2D eigenvalue weighted by Gasteiger charge is 2.27. The molecule has 4 rings (SSSR count). The van der Waals surface area contributed by atoms with Crippen LogP contribution >= 0.6 is 0 Å². The van der Waals surface area contributed by atoms with Crippen LogP contribution in [0.5, 0.6) is 0 Å². The van der Waals surface area contributed by atoms with Crippen LogP contribution in [0.2, 0.25) is 0 Å². The molecular weight excluding hydrogens is 326 g/mol. The van der Waals surface area contributed by atoms with Gasteiger partial charge in [-0.15, -0.1) is 0 Å². The second-order valence-electron chi connectivity index (χ2n) is 7.41. The molecule has 26 heavy (non-hydrogen) atoms. The van der Waals surface area contributed by atoms with Crippen LogP contribution in [0.25, 0.3) is 0 Å². The molecule has 1 atom stereocenters. The van der Waals surface area contributed by atoms with E-state index in [1.165, 1.54) is 30.4 Å². The van der Waals surface area contributed by atoms with Gasteiger partial charge in [0.1, 0.15) is 6.10 Å². The van der Waals surface area contributed by atoms with Crippen LogP contribution in [0.15, 0.2) is 36.5 Å². The molecule has 5 nitrogen and oxygen atoms in total. The molecule has 2 heterocycles. The summed E-state index contributed by atoms with van der Waals surface area (Å²) in [5, 5.41) is 7.87. The van der Waals surface area contributed by atoms with Crippen molar-refractivity contribution in [3.8, 4) is 0 Å². The number of benzene rings is 1. The number of ether oxygens (including phenoxy) is 1. The van der Waals surface area contributed by atoms with Gasteiger partial charge in [0.2, 0.25) is 5.91 Å². The zero-order chi connectivity index (χ0) is 17.8. The van der Waals surface area contributed by atoms with E-state index < -0.39 is 0 Å². The summed E-state index contributed by atoms with van der Waals surface area (Å²) in [4.78, 5) is 12.4. The van der Waals surface area contributed by atoms with Crippen molar-refractivity contribution in [1.82, 2.24) is 15.1 Å². The van der Waals surface area contributed by atoms with Gasteiger partial charge in [-0.3, -0.25) is 9.48 Å². The SMILES string of the molecule is O=C(NCC1OCCc2cn(Cc3ccccc3)nc21)C1CCCCC1. The van der Waals surface area contributed by atoms with E-state index in [9.17, 15) is 4.79 Å². The third-order valence-corrected chi connectivity index (χ3v) is 5.49. The van der Waals surface area contributed by atoms with Crippen molar-refractivity contribution < 1.29 is 9.53 Å². The maximum atomic E-state index is 12.4. The highest BCUT2D eigenvalue weighted by atomic mass is 16.5. The average molecular weight is 353 g/mol. The highest BCUT2D eigenvalue weighted by molar-refractivity contribution is 5.78. The lowest BCUT2D eigenvalue weighted by Gasteiger charge is -2.25. The van der Waals surface area contributed by atoms with Crippen LogP contribution in [-0.4, -0.2) is 28.8 Å². The number of hydrogen-bond donors (Lipinski definition) is 1. The molecule has 1 fully saturated rings. The van der Waals surface area contributed by atoms with Crippen molar-refractivity contribution in [3.63, 3.8) is 0 Å². The summed E-state index contributed by atoms with van der Waals surface area (Å²) < 4.78 is 7.91. The number of carbonyl (C=O) groups is 1. The van der Waals surface area contributed by atoms with E-state index in [4.69, 9.17) is 9.84 Å². The number of nitrogens with one attached hydrogen (secondary N) is 1. The van der Waals surface area contributed by atoms with Crippen molar-refractivity contribution in [1.29, 1.82) is 0 Å². The molecular formula is C21H27N3O2. The summed E-state index contributed by atoms with van der Waals surface area (Å²) in [7, 11) is 0. The van der Waals surface area contributed by atoms with E-state index in [0.717, 1.165) is 31.5 Å². The van der Waals surface area contributed by atoms with Gasteiger partial charge >= 0.3 is 0 Å². The predicted octanol–water partition coefficient (Wildman–Crippen LogP) is 3.24. The molecule has 1 amide bonds. The van der Waals surface area contributed by atoms with Gasteiger partial charge in [-0.05, 0) is 30.4 Å². The fraction of sp³-hybridized carbons (Fsp3) is 0.524. The maximum absolute atomic E-state index is 12.4. The Morgan fingerprint density at radius 2 is 2.00 bits per heavy atom. The zero-order valence-electron chi connectivity index (χ0n) is 15.2. The van der Waals surface area contributed by atoms with Gasteiger partial charge < -0.3 is 10.1 Å². The molecule has 1 aromatic heterocycles. The standard InChI is InChI=1S/C21H27N3O2/c25-21(17-9-5-2-6-10-17)22-13-19-20-18(11-12-26-19)15-24(23-20)14-16-7-3-1-4-8-16/h1,3-4,7-8,15,17,19H,2,5-6,9-14H2,(H,22,25). The molecule has 0 radical (unpaired) electrons. The molecule has 1 saturated carbocycles. The summed E-state index contributed by atoms with van der Waals surface area (Å²) in [6.07, 6.45) is 8.53. The fourth-order valence-electron chi connectivity index (χ4n) is 4.04. The summed E-state index contributed by atoms with van der Waals surface area (Å²) >= 11 is 0. The topological polar surface area (TPSA) is 56.1 Å². The predicted molar refractivity (Wildman–Crippen MR) is 99.8 cm³/mol. The number of hydrogen-bond acceptors (Lipinski definition) is 3. The molecule has 1 aliphatic carbocycles. The second-order valence-corrected chi connectivity index (χ2v) is 7.41. The number of aromatic nitrogens is 2. The van der Waals surface area contributed by atoms with E-state index in [-0.39, 0.29) is 17.9 Å².